The lowest BCUT2D eigenvalue weighted by Crippen LogP contribution is -2.31. The number of hydrogen-bond donors (Lipinski definition) is 1. The van der Waals surface area contributed by atoms with Gasteiger partial charge in [-0.15, -0.1) is 16.8 Å². The van der Waals surface area contributed by atoms with E-state index in [1.165, 1.54) is 12.5 Å². The van der Waals surface area contributed by atoms with Gasteiger partial charge in [0.25, 0.3) is 5.91 Å². The molecule has 7 heteroatoms. The zero-order chi connectivity index (χ0) is 20.0. The van der Waals surface area contributed by atoms with E-state index in [-0.39, 0.29) is 11.8 Å². The van der Waals surface area contributed by atoms with Crippen molar-refractivity contribution in [1.29, 1.82) is 0 Å². The van der Waals surface area contributed by atoms with Gasteiger partial charge in [0.2, 0.25) is 12.3 Å². The van der Waals surface area contributed by atoms with E-state index >= 15 is 4.39 Å². The van der Waals surface area contributed by atoms with E-state index in [1.54, 1.807) is 23.1 Å². The average Bonchev–Trinajstić information content (AvgIpc) is 3.35. The summed E-state index contributed by atoms with van der Waals surface area (Å²) in [7, 11) is 0. The fraction of sp³-hybridized carbons (Fsp3) is 0.136. The Bertz CT molecular complexity index is 1240. The Hall–Kier alpha value is -3.74. The molecule has 0 spiro atoms. The van der Waals surface area contributed by atoms with Crippen LogP contribution in [-0.2, 0) is 6.42 Å². The minimum absolute atomic E-state index is 0.0352. The summed E-state index contributed by atoms with van der Waals surface area (Å²) in [5.74, 6) is -0.172. The van der Waals surface area contributed by atoms with Crippen molar-refractivity contribution in [2.45, 2.75) is 6.42 Å². The molecule has 0 aliphatic carbocycles. The average molecular weight is 388 g/mol. The smallest absolute Gasteiger partial charge is 0.254 e. The molecule has 6 nitrogen and oxygen atoms in total. The normalized spacial score (nSPS) is 13.7. The van der Waals surface area contributed by atoms with Gasteiger partial charge in [-0.3, -0.25) is 4.79 Å². The van der Waals surface area contributed by atoms with Crippen molar-refractivity contribution in [3.05, 3.63) is 72.4 Å². The Labute approximate surface area is 165 Å². The number of aromatic amines is 1. The molecular weight excluding hydrogens is 371 g/mol. The maximum absolute atomic E-state index is 15.1. The predicted molar refractivity (Wildman–Crippen MR) is 107 cm³/mol. The SMILES string of the molecule is C=CCN1CCc2c(-c3ccc(-c4nnco4)cc3F)[nH]c3cccc(c23)C1=O. The fourth-order valence-electron chi connectivity index (χ4n) is 3.97. The van der Waals surface area contributed by atoms with Gasteiger partial charge >= 0.3 is 0 Å². The van der Waals surface area contributed by atoms with E-state index in [0.717, 1.165) is 16.5 Å². The van der Waals surface area contributed by atoms with E-state index in [1.807, 2.05) is 18.2 Å². The van der Waals surface area contributed by atoms with Crippen LogP contribution in [0.5, 0.6) is 0 Å². The highest BCUT2D eigenvalue weighted by Crippen LogP contribution is 2.37. The van der Waals surface area contributed by atoms with E-state index in [0.29, 0.717) is 41.9 Å². The Kier molecular flexibility index (Phi) is 4.01. The number of nitrogens with zero attached hydrogens (tertiary/aromatic N) is 3. The van der Waals surface area contributed by atoms with E-state index in [2.05, 4.69) is 21.8 Å². The first-order chi connectivity index (χ1) is 14.2. The molecule has 144 valence electrons. The summed E-state index contributed by atoms with van der Waals surface area (Å²) in [6, 6.07) is 10.4. The summed E-state index contributed by atoms with van der Waals surface area (Å²) < 4.78 is 20.2. The van der Waals surface area contributed by atoms with Gasteiger partial charge in [-0.05, 0) is 42.3 Å². The van der Waals surface area contributed by atoms with Crippen molar-refractivity contribution < 1.29 is 13.6 Å². The molecule has 0 radical (unpaired) electrons. The van der Waals surface area contributed by atoms with Crippen LogP contribution in [0.2, 0.25) is 0 Å². The zero-order valence-corrected chi connectivity index (χ0v) is 15.5. The Morgan fingerprint density at radius 2 is 2.17 bits per heavy atom. The van der Waals surface area contributed by atoms with E-state index in [4.69, 9.17) is 4.42 Å². The van der Waals surface area contributed by atoms with Crippen LogP contribution in [0, 0.1) is 5.82 Å². The number of nitrogens with one attached hydrogen (secondary N) is 1. The number of carbonyl (C=O) groups excluding carboxylic acids is 1. The Morgan fingerprint density at radius 1 is 1.28 bits per heavy atom. The van der Waals surface area contributed by atoms with Gasteiger partial charge < -0.3 is 14.3 Å². The summed E-state index contributed by atoms with van der Waals surface area (Å²) in [4.78, 5) is 18.1. The first-order valence-electron chi connectivity index (χ1n) is 9.27. The number of rotatable bonds is 4. The molecule has 2 aromatic carbocycles. The molecule has 4 aromatic rings. The van der Waals surface area contributed by atoms with Gasteiger partial charge in [0, 0.05) is 40.7 Å². The topological polar surface area (TPSA) is 75.0 Å². The second-order valence-electron chi connectivity index (χ2n) is 6.94. The second-order valence-corrected chi connectivity index (χ2v) is 6.94. The predicted octanol–water partition coefficient (Wildman–Crippen LogP) is 4.21. The minimum atomic E-state index is -0.399. The lowest BCUT2D eigenvalue weighted by molar-refractivity contribution is 0.0781. The van der Waals surface area contributed by atoms with Gasteiger partial charge in [0.1, 0.15) is 5.82 Å². The third-order valence-electron chi connectivity index (χ3n) is 5.27. The number of carbonyl (C=O) groups is 1. The summed E-state index contributed by atoms with van der Waals surface area (Å²) in [5.41, 5.74) is 4.04. The molecule has 5 rings (SSSR count). The van der Waals surface area contributed by atoms with Gasteiger partial charge in [-0.2, -0.15) is 0 Å². The Morgan fingerprint density at radius 3 is 2.93 bits per heavy atom. The quantitative estimate of drug-likeness (QED) is 0.532. The first-order valence-corrected chi connectivity index (χ1v) is 9.27. The largest absolute Gasteiger partial charge is 0.423 e. The van der Waals surface area contributed by atoms with Crippen molar-refractivity contribution in [2.75, 3.05) is 13.1 Å². The monoisotopic (exact) mass is 388 g/mol. The fourth-order valence-corrected chi connectivity index (χ4v) is 3.97. The van der Waals surface area contributed by atoms with Gasteiger partial charge in [0.15, 0.2) is 0 Å². The molecule has 1 N–H and O–H groups in total. The molecule has 0 unspecified atom stereocenters. The van der Waals surface area contributed by atoms with E-state index in [9.17, 15) is 4.79 Å². The third-order valence-corrected chi connectivity index (χ3v) is 5.27. The molecule has 3 heterocycles. The van der Waals surface area contributed by atoms with Crippen molar-refractivity contribution in [2.24, 2.45) is 0 Å². The number of H-pyrrole nitrogens is 1. The van der Waals surface area contributed by atoms with Crippen LogP contribution in [-0.4, -0.2) is 39.1 Å². The highest BCUT2D eigenvalue weighted by Gasteiger charge is 2.27. The second kappa shape index (κ2) is 6.70. The van der Waals surface area contributed by atoms with Crippen LogP contribution < -0.4 is 0 Å². The standard InChI is InChI=1S/C22H17FN4O2/c1-2-9-27-10-8-15-19-16(22(27)28)4-3-5-18(19)25-20(15)14-7-6-13(11-17(14)23)21-26-24-12-29-21/h2-7,11-12,25H,1,8-10H2. The van der Waals surface area contributed by atoms with Crippen LogP contribution in [0.3, 0.4) is 0 Å². The lowest BCUT2D eigenvalue weighted by atomic mass is 9.99. The molecule has 29 heavy (non-hydrogen) atoms. The summed E-state index contributed by atoms with van der Waals surface area (Å²) in [5, 5.41) is 8.32. The molecule has 2 aromatic heterocycles. The zero-order valence-electron chi connectivity index (χ0n) is 15.5. The molecule has 0 bridgehead atoms. The van der Waals surface area contributed by atoms with Crippen LogP contribution in [0.1, 0.15) is 15.9 Å². The van der Waals surface area contributed by atoms with Crippen molar-refractivity contribution >= 4 is 16.8 Å². The minimum Gasteiger partial charge on any atom is -0.423 e. The number of halogens is 1. The van der Waals surface area contributed by atoms with Crippen LogP contribution >= 0.6 is 0 Å². The van der Waals surface area contributed by atoms with Gasteiger partial charge in [-0.1, -0.05) is 12.1 Å². The van der Waals surface area contributed by atoms with Crippen molar-refractivity contribution in [3.8, 4) is 22.7 Å². The number of amides is 1. The molecular formula is C22H17FN4O2. The van der Waals surface area contributed by atoms with Crippen molar-refractivity contribution in [3.63, 3.8) is 0 Å². The molecule has 0 saturated heterocycles. The molecule has 1 aliphatic heterocycles. The van der Waals surface area contributed by atoms with Crippen LogP contribution in [0.15, 0.2) is 59.9 Å². The number of benzene rings is 2. The first kappa shape index (κ1) is 17.4. The highest BCUT2D eigenvalue weighted by molar-refractivity contribution is 6.10. The van der Waals surface area contributed by atoms with Gasteiger partial charge in [-0.25, -0.2) is 4.39 Å². The molecule has 0 saturated carbocycles. The molecule has 1 aliphatic rings. The molecule has 1 amide bonds. The maximum atomic E-state index is 15.1. The number of aromatic nitrogens is 3. The van der Waals surface area contributed by atoms with Crippen LogP contribution in [0.4, 0.5) is 4.39 Å². The maximum Gasteiger partial charge on any atom is 0.254 e. The van der Waals surface area contributed by atoms with E-state index < -0.39 is 5.82 Å². The van der Waals surface area contributed by atoms with Crippen molar-refractivity contribution in [1.82, 2.24) is 20.1 Å². The summed E-state index contributed by atoms with van der Waals surface area (Å²) >= 11 is 0. The highest BCUT2D eigenvalue weighted by atomic mass is 19.1. The molecule has 0 fully saturated rings. The van der Waals surface area contributed by atoms with Crippen LogP contribution in [0.25, 0.3) is 33.6 Å². The summed E-state index contributed by atoms with van der Waals surface area (Å²) in [6.45, 7) is 4.77. The number of hydrogen-bond acceptors (Lipinski definition) is 4. The van der Waals surface area contributed by atoms with Gasteiger partial charge in [0.05, 0.1) is 5.69 Å². The Balaban J connectivity index is 1.66. The molecule has 0 atom stereocenters. The summed E-state index contributed by atoms with van der Waals surface area (Å²) in [6.07, 6.45) is 3.55. The third kappa shape index (κ3) is 2.74. The lowest BCUT2D eigenvalue weighted by Gasteiger charge is -2.19.